The van der Waals surface area contributed by atoms with Crippen molar-refractivity contribution in [1.82, 2.24) is 0 Å². The van der Waals surface area contributed by atoms with Gasteiger partial charge >= 0.3 is 5.97 Å². The summed E-state index contributed by atoms with van der Waals surface area (Å²) >= 11 is 0. The Balaban J connectivity index is 1.57. The summed E-state index contributed by atoms with van der Waals surface area (Å²) in [5.74, 6) is -0.819. The molecule has 1 saturated carbocycles. The molecule has 2 aliphatic rings. The van der Waals surface area contributed by atoms with Crippen molar-refractivity contribution in [2.75, 3.05) is 4.90 Å². The first kappa shape index (κ1) is 15.8. The van der Waals surface area contributed by atoms with Crippen LogP contribution in [0.5, 0.6) is 0 Å². The Morgan fingerprint density at radius 1 is 1.16 bits per heavy atom. The first-order valence-corrected chi connectivity index (χ1v) is 8.54. The van der Waals surface area contributed by atoms with Gasteiger partial charge in [-0.15, -0.1) is 0 Å². The van der Waals surface area contributed by atoms with Gasteiger partial charge in [-0.2, -0.15) is 0 Å². The number of benzene rings is 2. The van der Waals surface area contributed by atoms with Crippen LogP contribution in [0.2, 0.25) is 0 Å². The molecule has 1 heterocycles. The Labute approximate surface area is 146 Å². The summed E-state index contributed by atoms with van der Waals surface area (Å²) in [5, 5.41) is 8.86. The number of nitrogens with zero attached hydrogens (tertiary/aromatic N) is 1. The van der Waals surface area contributed by atoms with Gasteiger partial charge in [-0.25, -0.2) is 0 Å². The molecule has 1 spiro atoms. The molecule has 128 valence electrons. The topological polar surface area (TPSA) is 83.6 Å². The minimum absolute atomic E-state index is 0.161. The molecule has 1 aliphatic carbocycles. The first-order valence-electron chi connectivity index (χ1n) is 8.54. The number of carboxylic acids is 1. The van der Waals surface area contributed by atoms with Crippen LogP contribution >= 0.6 is 0 Å². The molecule has 1 fully saturated rings. The predicted octanol–water partition coefficient (Wildman–Crippen LogP) is 2.74. The molecule has 2 aromatic carbocycles. The van der Waals surface area contributed by atoms with Crippen molar-refractivity contribution in [2.24, 2.45) is 5.73 Å². The molecule has 4 rings (SSSR count). The fourth-order valence-electron chi connectivity index (χ4n) is 3.63. The fraction of sp³-hybridized carbons (Fsp3) is 0.300. The van der Waals surface area contributed by atoms with E-state index in [4.69, 9.17) is 10.8 Å². The number of carbonyl (C=O) groups is 2. The Kier molecular flexibility index (Phi) is 3.62. The van der Waals surface area contributed by atoms with Crippen LogP contribution in [0.4, 0.5) is 11.4 Å². The second kappa shape index (κ2) is 5.70. The van der Waals surface area contributed by atoms with Gasteiger partial charge in [0.25, 0.3) is 0 Å². The van der Waals surface area contributed by atoms with Crippen molar-refractivity contribution in [3.8, 4) is 0 Å². The van der Waals surface area contributed by atoms with Crippen LogP contribution in [0.1, 0.15) is 30.4 Å². The summed E-state index contributed by atoms with van der Waals surface area (Å²) in [4.78, 5) is 25.6. The summed E-state index contributed by atoms with van der Waals surface area (Å²) < 4.78 is 0. The summed E-state index contributed by atoms with van der Waals surface area (Å²) in [7, 11) is 0. The Hall–Kier alpha value is -2.66. The van der Waals surface area contributed by atoms with Crippen molar-refractivity contribution < 1.29 is 14.7 Å². The number of aryl methyl sites for hydroxylation is 1. The summed E-state index contributed by atoms with van der Waals surface area (Å²) in [6, 6.07) is 14.9. The Morgan fingerprint density at radius 2 is 1.84 bits per heavy atom. The third kappa shape index (κ3) is 2.51. The molecule has 0 unspecified atom stereocenters. The largest absolute Gasteiger partial charge is 0.480 e. The highest BCUT2D eigenvalue weighted by Gasteiger charge is 2.59. The third-order valence-electron chi connectivity index (χ3n) is 5.28. The highest BCUT2D eigenvalue weighted by Crippen LogP contribution is 2.58. The number of carbonyl (C=O) groups excluding carboxylic acids is 1. The van der Waals surface area contributed by atoms with Crippen molar-refractivity contribution in [3.63, 3.8) is 0 Å². The van der Waals surface area contributed by atoms with Gasteiger partial charge in [-0.1, -0.05) is 30.3 Å². The van der Waals surface area contributed by atoms with E-state index in [2.05, 4.69) is 6.07 Å². The van der Waals surface area contributed by atoms with Gasteiger partial charge in [0.1, 0.15) is 6.04 Å². The zero-order valence-electron chi connectivity index (χ0n) is 13.8. The number of hydrogen-bond acceptors (Lipinski definition) is 3. The summed E-state index contributed by atoms with van der Waals surface area (Å²) in [6.45, 7) is 0. The zero-order chi connectivity index (χ0) is 17.6. The normalized spacial score (nSPS) is 18.3. The van der Waals surface area contributed by atoms with Crippen molar-refractivity contribution in [1.29, 1.82) is 0 Å². The lowest BCUT2D eigenvalue weighted by Gasteiger charge is -2.18. The van der Waals surface area contributed by atoms with Gasteiger partial charge < -0.3 is 10.8 Å². The molecule has 0 radical (unpaired) electrons. The second-order valence-electron chi connectivity index (χ2n) is 6.89. The number of fused-ring (bicyclic) bond motifs is 2. The number of carboxylic acid groups (broad SMARTS) is 1. The van der Waals surface area contributed by atoms with Gasteiger partial charge in [0.2, 0.25) is 5.91 Å². The smallest absolute Gasteiger partial charge is 0.320 e. The molecule has 25 heavy (non-hydrogen) atoms. The highest BCUT2D eigenvalue weighted by atomic mass is 16.4. The lowest BCUT2D eigenvalue weighted by atomic mass is 9.98. The molecule has 5 nitrogen and oxygen atoms in total. The van der Waals surface area contributed by atoms with Crippen molar-refractivity contribution in [2.45, 2.75) is 37.1 Å². The Morgan fingerprint density at radius 3 is 2.48 bits per heavy atom. The van der Waals surface area contributed by atoms with Crippen LogP contribution in [0, 0.1) is 0 Å². The number of amides is 1. The molecule has 1 atom stereocenters. The van der Waals surface area contributed by atoms with Gasteiger partial charge in [0.15, 0.2) is 0 Å². The van der Waals surface area contributed by atoms with Crippen molar-refractivity contribution >= 4 is 23.3 Å². The average molecular weight is 336 g/mol. The lowest BCUT2D eigenvalue weighted by Crippen LogP contribution is -2.30. The fourth-order valence-corrected chi connectivity index (χ4v) is 3.63. The molecule has 0 bridgehead atoms. The maximum Gasteiger partial charge on any atom is 0.320 e. The zero-order valence-corrected chi connectivity index (χ0v) is 13.8. The van der Waals surface area contributed by atoms with Crippen molar-refractivity contribution in [3.05, 3.63) is 59.7 Å². The van der Waals surface area contributed by atoms with E-state index in [-0.39, 0.29) is 11.3 Å². The Bertz CT molecular complexity index is 840. The molecule has 1 amide bonds. The van der Waals surface area contributed by atoms with Crippen LogP contribution in [0.25, 0.3) is 0 Å². The standard InChI is InChI=1S/C20H20N2O3/c21-16(18(23)24)10-7-13-5-8-14(9-6-13)22-17-4-2-1-3-15(17)20(11-12-20)19(22)25/h1-6,8-9,16H,7,10-12,21H2,(H,23,24)/t16-/m0/s1. The van der Waals surface area contributed by atoms with E-state index in [9.17, 15) is 9.59 Å². The van der Waals surface area contributed by atoms with E-state index in [1.54, 1.807) is 0 Å². The van der Waals surface area contributed by atoms with Crippen LogP contribution in [-0.2, 0) is 21.4 Å². The number of nitrogens with two attached hydrogens (primary N) is 1. The van der Waals surface area contributed by atoms with E-state index >= 15 is 0 Å². The number of rotatable bonds is 5. The number of aliphatic carboxylic acids is 1. The molecular formula is C20H20N2O3. The van der Waals surface area contributed by atoms with Crippen LogP contribution < -0.4 is 10.6 Å². The number of para-hydroxylation sites is 1. The molecule has 0 saturated heterocycles. The summed E-state index contributed by atoms with van der Waals surface area (Å²) in [5.41, 5.74) is 9.23. The van der Waals surface area contributed by atoms with E-state index in [0.717, 1.165) is 35.3 Å². The number of hydrogen-bond donors (Lipinski definition) is 2. The second-order valence-corrected chi connectivity index (χ2v) is 6.89. The average Bonchev–Trinajstić information content (AvgIpc) is 3.38. The first-order chi connectivity index (χ1) is 12.0. The van der Waals surface area contributed by atoms with Gasteiger partial charge in [-0.3, -0.25) is 14.5 Å². The molecule has 0 aromatic heterocycles. The minimum Gasteiger partial charge on any atom is -0.480 e. The predicted molar refractivity (Wildman–Crippen MR) is 94.9 cm³/mol. The van der Waals surface area contributed by atoms with E-state index < -0.39 is 12.0 Å². The van der Waals surface area contributed by atoms with E-state index in [1.165, 1.54) is 0 Å². The monoisotopic (exact) mass is 336 g/mol. The van der Waals surface area contributed by atoms with Crippen LogP contribution in [0.15, 0.2) is 48.5 Å². The van der Waals surface area contributed by atoms with Crippen LogP contribution in [-0.4, -0.2) is 23.0 Å². The minimum atomic E-state index is -0.981. The quantitative estimate of drug-likeness (QED) is 0.879. The molecule has 2 aromatic rings. The highest BCUT2D eigenvalue weighted by molar-refractivity contribution is 6.14. The molecule has 3 N–H and O–H groups in total. The van der Waals surface area contributed by atoms with Gasteiger partial charge in [0.05, 0.1) is 11.1 Å². The number of anilines is 2. The molecular weight excluding hydrogens is 316 g/mol. The van der Waals surface area contributed by atoms with E-state index in [1.807, 2.05) is 47.4 Å². The van der Waals surface area contributed by atoms with Gasteiger partial charge in [-0.05, 0) is 55.0 Å². The van der Waals surface area contributed by atoms with Gasteiger partial charge in [0, 0.05) is 5.69 Å². The lowest BCUT2D eigenvalue weighted by molar-refractivity contribution is -0.138. The maximum absolute atomic E-state index is 13.0. The van der Waals surface area contributed by atoms with Crippen LogP contribution in [0.3, 0.4) is 0 Å². The van der Waals surface area contributed by atoms with E-state index in [0.29, 0.717) is 12.8 Å². The summed E-state index contributed by atoms with van der Waals surface area (Å²) in [6.07, 6.45) is 2.83. The SMILES string of the molecule is N[C@@H](CCc1ccc(N2C(=O)C3(CC3)c3ccccc32)cc1)C(=O)O. The molecule has 1 aliphatic heterocycles. The third-order valence-corrected chi connectivity index (χ3v) is 5.28. The maximum atomic E-state index is 13.0. The molecule has 5 heteroatoms.